The summed E-state index contributed by atoms with van der Waals surface area (Å²) in [6, 6.07) is 15.6. The van der Waals surface area contributed by atoms with Gasteiger partial charge < -0.3 is 5.32 Å². The van der Waals surface area contributed by atoms with E-state index < -0.39 is 0 Å². The molecule has 0 spiro atoms. The molecule has 2 heterocycles. The van der Waals surface area contributed by atoms with Gasteiger partial charge in [0.2, 0.25) is 0 Å². The lowest BCUT2D eigenvalue weighted by Crippen LogP contribution is -2.36. The predicted molar refractivity (Wildman–Crippen MR) is 87.3 cm³/mol. The maximum Gasteiger partial charge on any atom is 0.261 e. The van der Waals surface area contributed by atoms with E-state index in [1.807, 2.05) is 6.07 Å². The first-order chi connectivity index (χ1) is 11.3. The standard InChI is InChI=1S/C19H18N2O2/c22-18-15-7-3-4-8-16(15)19(23)21(18)12-10-17-14-6-2-1-5-13(14)9-11-20-17/h1-8,17,20H,9-12H2/t17-/m1/s1. The van der Waals surface area contributed by atoms with Gasteiger partial charge in [0.05, 0.1) is 11.1 Å². The van der Waals surface area contributed by atoms with Crippen LogP contribution in [0.5, 0.6) is 0 Å². The third-order valence-corrected chi connectivity index (χ3v) is 4.74. The summed E-state index contributed by atoms with van der Waals surface area (Å²) in [7, 11) is 0. The quantitative estimate of drug-likeness (QED) is 0.887. The minimum absolute atomic E-state index is 0.172. The molecular weight excluding hydrogens is 288 g/mol. The molecular formula is C19H18N2O2. The number of rotatable bonds is 3. The molecule has 4 heteroatoms. The maximum absolute atomic E-state index is 12.4. The molecule has 23 heavy (non-hydrogen) atoms. The Kier molecular flexibility index (Phi) is 3.46. The summed E-state index contributed by atoms with van der Waals surface area (Å²) in [4.78, 5) is 26.2. The molecule has 0 aromatic heterocycles. The normalized spacial score (nSPS) is 19.7. The Morgan fingerprint density at radius 2 is 1.61 bits per heavy atom. The second kappa shape index (κ2) is 5.63. The highest BCUT2D eigenvalue weighted by Gasteiger charge is 2.35. The first kappa shape index (κ1) is 14.2. The molecule has 116 valence electrons. The molecule has 0 saturated carbocycles. The Hall–Kier alpha value is -2.46. The van der Waals surface area contributed by atoms with Crippen LogP contribution in [0.3, 0.4) is 0 Å². The number of carbonyl (C=O) groups excluding carboxylic acids is 2. The summed E-state index contributed by atoms with van der Waals surface area (Å²) in [6.07, 6.45) is 1.77. The SMILES string of the molecule is O=C1c2ccccc2C(=O)N1CC[C@H]1NCCc2ccccc21. The number of hydrogen-bond acceptors (Lipinski definition) is 3. The second-order valence-corrected chi connectivity index (χ2v) is 6.05. The molecule has 4 rings (SSSR count). The fourth-order valence-electron chi connectivity index (χ4n) is 3.55. The molecule has 2 amide bonds. The predicted octanol–water partition coefficient (Wildman–Crippen LogP) is 2.56. The van der Waals surface area contributed by atoms with Crippen molar-refractivity contribution in [3.05, 3.63) is 70.8 Å². The van der Waals surface area contributed by atoms with E-state index in [2.05, 4.69) is 23.5 Å². The molecule has 0 saturated heterocycles. The zero-order chi connectivity index (χ0) is 15.8. The topological polar surface area (TPSA) is 49.4 Å². The Morgan fingerprint density at radius 1 is 0.957 bits per heavy atom. The minimum Gasteiger partial charge on any atom is -0.310 e. The van der Waals surface area contributed by atoms with Crippen molar-refractivity contribution in [3.8, 4) is 0 Å². The first-order valence-electron chi connectivity index (χ1n) is 8.02. The largest absolute Gasteiger partial charge is 0.310 e. The number of fused-ring (bicyclic) bond motifs is 2. The number of nitrogens with one attached hydrogen (secondary N) is 1. The van der Waals surface area contributed by atoms with Gasteiger partial charge in [0, 0.05) is 12.6 Å². The maximum atomic E-state index is 12.4. The third kappa shape index (κ3) is 2.35. The highest BCUT2D eigenvalue weighted by molar-refractivity contribution is 6.21. The first-order valence-corrected chi connectivity index (χ1v) is 8.02. The van der Waals surface area contributed by atoms with Crippen LogP contribution in [-0.4, -0.2) is 29.8 Å². The van der Waals surface area contributed by atoms with Crippen LogP contribution in [0.1, 0.15) is 44.3 Å². The highest BCUT2D eigenvalue weighted by Crippen LogP contribution is 2.28. The average Bonchev–Trinajstić information content (AvgIpc) is 2.84. The van der Waals surface area contributed by atoms with Gasteiger partial charge in [0.1, 0.15) is 0 Å². The monoisotopic (exact) mass is 306 g/mol. The molecule has 2 aromatic carbocycles. The van der Waals surface area contributed by atoms with E-state index in [0.717, 1.165) is 19.4 Å². The van der Waals surface area contributed by atoms with Crippen molar-refractivity contribution in [2.24, 2.45) is 0 Å². The lowest BCUT2D eigenvalue weighted by Gasteiger charge is -2.28. The van der Waals surface area contributed by atoms with E-state index in [4.69, 9.17) is 0 Å². The van der Waals surface area contributed by atoms with Gasteiger partial charge >= 0.3 is 0 Å². The summed E-state index contributed by atoms with van der Waals surface area (Å²) in [5.74, 6) is -0.343. The van der Waals surface area contributed by atoms with Gasteiger partial charge in [-0.3, -0.25) is 14.5 Å². The molecule has 1 atom stereocenters. The van der Waals surface area contributed by atoms with Crippen molar-refractivity contribution in [2.45, 2.75) is 18.9 Å². The summed E-state index contributed by atoms with van der Waals surface area (Å²) in [5, 5.41) is 3.50. The average molecular weight is 306 g/mol. The second-order valence-electron chi connectivity index (χ2n) is 6.05. The molecule has 2 aromatic rings. The number of nitrogens with zero attached hydrogens (tertiary/aromatic N) is 1. The van der Waals surface area contributed by atoms with Crippen molar-refractivity contribution < 1.29 is 9.59 Å². The van der Waals surface area contributed by atoms with E-state index in [0.29, 0.717) is 17.7 Å². The molecule has 1 N–H and O–H groups in total. The summed E-state index contributed by atoms with van der Waals surface area (Å²) in [5.41, 5.74) is 3.69. The molecule has 0 aliphatic carbocycles. The van der Waals surface area contributed by atoms with Crippen LogP contribution in [0.15, 0.2) is 48.5 Å². The van der Waals surface area contributed by atoms with Crippen LogP contribution < -0.4 is 5.32 Å². The van der Waals surface area contributed by atoms with Gasteiger partial charge in [-0.2, -0.15) is 0 Å². The highest BCUT2D eigenvalue weighted by atomic mass is 16.2. The molecule has 0 radical (unpaired) electrons. The Labute approximate surface area is 135 Å². The zero-order valence-corrected chi connectivity index (χ0v) is 12.8. The van der Waals surface area contributed by atoms with E-state index in [1.54, 1.807) is 24.3 Å². The fourth-order valence-corrected chi connectivity index (χ4v) is 3.55. The summed E-state index contributed by atoms with van der Waals surface area (Å²) < 4.78 is 0. The molecule has 2 aliphatic heterocycles. The molecule has 4 nitrogen and oxygen atoms in total. The van der Waals surface area contributed by atoms with E-state index >= 15 is 0 Å². The lowest BCUT2D eigenvalue weighted by atomic mass is 9.92. The molecule has 0 fully saturated rings. The van der Waals surface area contributed by atoms with Crippen LogP contribution in [0.4, 0.5) is 0 Å². The number of benzene rings is 2. The number of hydrogen-bond donors (Lipinski definition) is 1. The van der Waals surface area contributed by atoms with Crippen molar-refractivity contribution in [2.75, 3.05) is 13.1 Å². The number of carbonyl (C=O) groups is 2. The van der Waals surface area contributed by atoms with E-state index in [1.165, 1.54) is 16.0 Å². The van der Waals surface area contributed by atoms with Crippen LogP contribution in [0.25, 0.3) is 0 Å². The number of imide groups is 1. The van der Waals surface area contributed by atoms with Crippen LogP contribution in [-0.2, 0) is 6.42 Å². The van der Waals surface area contributed by atoms with Gasteiger partial charge in [-0.1, -0.05) is 36.4 Å². The smallest absolute Gasteiger partial charge is 0.261 e. The van der Waals surface area contributed by atoms with Crippen molar-refractivity contribution in [3.63, 3.8) is 0 Å². The minimum atomic E-state index is -0.172. The third-order valence-electron chi connectivity index (χ3n) is 4.74. The van der Waals surface area contributed by atoms with E-state index in [-0.39, 0.29) is 17.9 Å². The molecule has 0 bridgehead atoms. The van der Waals surface area contributed by atoms with Crippen molar-refractivity contribution in [1.82, 2.24) is 10.2 Å². The van der Waals surface area contributed by atoms with Gasteiger partial charge in [-0.25, -0.2) is 0 Å². The summed E-state index contributed by atoms with van der Waals surface area (Å²) in [6.45, 7) is 1.38. The molecule has 0 unspecified atom stereocenters. The lowest BCUT2D eigenvalue weighted by molar-refractivity contribution is 0.0648. The zero-order valence-electron chi connectivity index (χ0n) is 12.8. The van der Waals surface area contributed by atoms with E-state index in [9.17, 15) is 9.59 Å². The summed E-state index contributed by atoms with van der Waals surface area (Å²) >= 11 is 0. The Bertz CT molecular complexity index is 749. The van der Waals surface area contributed by atoms with Crippen LogP contribution >= 0.6 is 0 Å². The van der Waals surface area contributed by atoms with Gasteiger partial charge in [0.25, 0.3) is 11.8 Å². The van der Waals surface area contributed by atoms with Crippen molar-refractivity contribution >= 4 is 11.8 Å². The van der Waals surface area contributed by atoms with Gasteiger partial charge in [0.15, 0.2) is 0 Å². The van der Waals surface area contributed by atoms with Crippen LogP contribution in [0, 0.1) is 0 Å². The van der Waals surface area contributed by atoms with Crippen LogP contribution in [0.2, 0.25) is 0 Å². The van der Waals surface area contributed by atoms with Gasteiger partial charge in [-0.05, 0) is 42.6 Å². The molecule has 2 aliphatic rings. The Morgan fingerprint density at radius 3 is 2.35 bits per heavy atom. The number of amides is 2. The fraction of sp³-hybridized carbons (Fsp3) is 0.263. The Balaban J connectivity index is 1.51. The van der Waals surface area contributed by atoms with Gasteiger partial charge in [-0.15, -0.1) is 0 Å². The van der Waals surface area contributed by atoms with Crippen molar-refractivity contribution in [1.29, 1.82) is 0 Å².